The molecule has 1 saturated heterocycles. The van der Waals surface area contributed by atoms with Crippen molar-refractivity contribution >= 4 is 17.6 Å². The maximum Gasteiger partial charge on any atom is 0.303 e. The second-order valence-corrected chi connectivity index (χ2v) is 9.83. The van der Waals surface area contributed by atoms with Gasteiger partial charge in [0.25, 0.3) is 0 Å². The maximum absolute atomic E-state index is 10.8. The molecule has 31 heavy (non-hydrogen) atoms. The van der Waals surface area contributed by atoms with E-state index >= 15 is 0 Å². The van der Waals surface area contributed by atoms with Gasteiger partial charge in [-0.1, -0.05) is 18.4 Å². The number of nitrogens with one attached hydrogen (secondary N) is 2. The smallest absolute Gasteiger partial charge is 0.303 e. The quantitative estimate of drug-likeness (QED) is 0.210. The fourth-order valence-electron chi connectivity index (χ4n) is 6.57. The zero-order valence-corrected chi connectivity index (χ0v) is 18.6. The molecule has 0 aromatic heterocycles. The molecule has 0 amide bonds. The molecule has 0 unspecified atom stereocenters. The molecule has 1 aliphatic heterocycles. The van der Waals surface area contributed by atoms with Crippen molar-refractivity contribution in [3.63, 3.8) is 0 Å². The number of carboxylic acid groups (broad SMARTS) is 1. The molecule has 0 aromatic rings. The Balaban J connectivity index is 1.57. The molecular formula is C24H36N4O3. The zero-order chi connectivity index (χ0) is 22.0. The Morgan fingerprint density at radius 2 is 2.16 bits per heavy atom. The molecule has 0 spiro atoms. The van der Waals surface area contributed by atoms with Crippen LogP contribution in [0, 0.1) is 23.2 Å². The number of allylic oxidation sites excluding steroid dienone is 4. The third kappa shape index (κ3) is 4.71. The van der Waals surface area contributed by atoms with Crippen LogP contribution in [0.1, 0.15) is 77.6 Å². The highest BCUT2D eigenvalue weighted by Crippen LogP contribution is 2.57. The van der Waals surface area contributed by atoms with Gasteiger partial charge < -0.3 is 15.6 Å². The van der Waals surface area contributed by atoms with E-state index in [0.29, 0.717) is 17.8 Å². The number of carboxylic acids is 1. The van der Waals surface area contributed by atoms with E-state index in [4.69, 9.17) is 21.0 Å². The summed E-state index contributed by atoms with van der Waals surface area (Å²) in [6.07, 6.45) is 12.8. The summed E-state index contributed by atoms with van der Waals surface area (Å²) in [5.74, 6) is 0.940. The molecule has 1 heterocycles. The fraction of sp³-hybridized carbons (Fsp3) is 0.708. The first-order chi connectivity index (χ1) is 14.9. The first-order valence-electron chi connectivity index (χ1n) is 11.8. The van der Waals surface area contributed by atoms with E-state index in [2.05, 4.69) is 23.5 Å². The number of nitrogens with zero attached hydrogens (tertiary/aromatic N) is 1. The second kappa shape index (κ2) is 9.15. The van der Waals surface area contributed by atoms with E-state index in [1.54, 1.807) is 11.1 Å². The summed E-state index contributed by atoms with van der Waals surface area (Å²) >= 11 is 0. The summed E-state index contributed by atoms with van der Waals surface area (Å²) in [7, 11) is 0. The van der Waals surface area contributed by atoms with Crippen LogP contribution in [0.25, 0.3) is 0 Å². The molecule has 4 rings (SSSR count). The van der Waals surface area contributed by atoms with Crippen LogP contribution in [-0.2, 0) is 9.53 Å². The Kier molecular flexibility index (Phi) is 6.51. The lowest BCUT2D eigenvalue weighted by Crippen LogP contribution is -2.46. The molecule has 4 atom stereocenters. The van der Waals surface area contributed by atoms with E-state index in [-0.39, 0.29) is 18.0 Å². The van der Waals surface area contributed by atoms with Gasteiger partial charge in [0.2, 0.25) is 5.96 Å². The first-order valence-corrected chi connectivity index (χ1v) is 11.8. The van der Waals surface area contributed by atoms with Gasteiger partial charge in [-0.25, -0.2) is 5.43 Å². The number of ether oxygens (including phenoxy) is 1. The van der Waals surface area contributed by atoms with Crippen LogP contribution in [-0.4, -0.2) is 35.0 Å². The largest absolute Gasteiger partial charge is 0.481 e. The van der Waals surface area contributed by atoms with Crippen molar-refractivity contribution in [1.82, 2.24) is 5.43 Å². The fourth-order valence-corrected chi connectivity index (χ4v) is 6.57. The average molecular weight is 429 g/mol. The van der Waals surface area contributed by atoms with Crippen LogP contribution in [0.4, 0.5) is 0 Å². The van der Waals surface area contributed by atoms with Gasteiger partial charge in [0, 0.05) is 13.0 Å². The number of unbranched alkanes of at least 4 members (excludes halogenated alkanes) is 2. The molecule has 5 N–H and O–H groups in total. The topological polar surface area (TPSA) is 121 Å². The van der Waals surface area contributed by atoms with Crippen molar-refractivity contribution in [2.45, 2.75) is 83.2 Å². The Hall–Kier alpha value is -2.15. The number of hydrazone groups is 1. The number of carbonyl (C=O) groups is 1. The Bertz CT molecular complexity index is 831. The molecule has 1 saturated carbocycles. The molecule has 0 aromatic carbocycles. The monoisotopic (exact) mass is 428 g/mol. The van der Waals surface area contributed by atoms with E-state index in [9.17, 15) is 4.79 Å². The van der Waals surface area contributed by atoms with Crippen molar-refractivity contribution in [3.8, 4) is 0 Å². The minimum Gasteiger partial charge on any atom is -0.481 e. The number of aliphatic carboxylic acids is 1. The summed E-state index contributed by atoms with van der Waals surface area (Å²) in [4.78, 5) is 10.8. The van der Waals surface area contributed by atoms with Crippen molar-refractivity contribution in [2.75, 3.05) is 6.61 Å². The van der Waals surface area contributed by atoms with E-state index < -0.39 is 5.97 Å². The van der Waals surface area contributed by atoms with Crippen LogP contribution in [0.5, 0.6) is 0 Å². The normalized spacial score (nSPS) is 33.4. The van der Waals surface area contributed by atoms with Crippen LogP contribution in [0.15, 0.2) is 27.9 Å². The van der Waals surface area contributed by atoms with Crippen molar-refractivity contribution in [2.24, 2.45) is 28.6 Å². The summed E-state index contributed by atoms with van der Waals surface area (Å²) in [6, 6.07) is 0. The lowest BCUT2D eigenvalue weighted by Gasteiger charge is -2.50. The summed E-state index contributed by atoms with van der Waals surface area (Å²) in [6.45, 7) is 3.20. The van der Waals surface area contributed by atoms with E-state index in [0.717, 1.165) is 70.1 Å². The van der Waals surface area contributed by atoms with Gasteiger partial charge in [0.1, 0.15) is 0 Å². The molecule has 0 radical (unpaired) electrons. The zero-order valence-electron chi connectivity index (χ0n) is 18.6. The second-order valence-electron chi connectivity index (χ2n) is 9.83. The summed E-state index contributed by atoms with van der Waals surface area (Å²) in [5, 5.41) is 20.5. The maximum atomic E-state index is 10.8. The van der Waals surface area contributed by atoms with Gasteiger partial charge in [0.05, 0.1) is 11.3 Å². The summed E-state index contributed by atoms with van der Waals surface area (Å²) < 4.78 is 6.32. The van der Waals surface area contributed by atoms with Crippen molar-refractivity contribution in [1.29, 1.82) is 5.41 Å². The molecule has 4 aliphatic rings. The molecular weight excluding hydrogens is 392 g/mol. The SMILES string of the molecule is C[C@]12C[C@H](CCCCCC(=O)O)C3=C4CCC(=NNC(=N)N)C=C4CC[C@H]3[C@@H]1CCO2. The lowest BCUT2D eigenvalue weighted by atomic mass is 9.57. The van der Waals surface area contributed by atoms with Gasteiger partial charge >= 0.3 is 5.97 Å². The van der Waals surface area contributed by atoms with Crippen LogP contribution in [0.2, 0.25) is 0 Å². The Morgan fingerprint density at radius 1 is 1.32 bits per heavy atom. The highest BCUT2D eigenvalue weighted by Gasteiger charge is 2.53. The van der Waals surface area contributed by atoms with Gasteiger partial charge in [-0.2, -0.15) is 5.10 Å². The third-order valence-corrected chi connectivity index (χ3v) is 7.82. The van der Waals surface area contributed by atoms with Gasteiger partial charge in [-0.3, -0.25) is 10.2 Å². The van der Waals surface area contributed by atoms with Gasteiger partial charge in [0.15, 0.2) is 0 Å². The molecule has 7 nitrogen and oxygen atoms in total. The molecule has 3 aliphatic carbocycles. The molecule has 170 valence electrons. The number of hydrogen-bond acceptors (Lipinski definition) is 4. The third-order valence-electron chi connectivity index (χ3n) is 7.82. The average Bonchev–Trinajstić information content (AvgIpc) is 3.12. The van der Waals surface area contributed by atoms with E-state index in [1.807, 2.05) is 0 Å². The van der Waals surface area contributed by atoms with Gasteiger partial charge in [-0.05, 0) is 93.3 Å². The van der Waals surface area contributed by atoms with Crippen LogP contribution < -0.4 is 11.2 Å². The lowest BCUT2D eigenvalue weighted by molar-refractivity contribution is -0.137. The predicted octanol–water partition coefficient (Wildman–Crippen LogP) is 4.10. The van der Waals surface area contributed by atoms with Crippen molar-refractivity contribution < 1.29 is 14.6 Å². The number of nitrogens with two attached hydrogens (primary N) is 1. The predicted molar refractivity (Wildman–Crippen MR) is 121 cm³/mol. The Labute approximate surface area is 184 Å². The summed E-state index contributed by atoms with van der Waals surface area (Å²) in [5.41, 5.74) is 13.6. The van der Waals surface area contributed by atoms with Crippen LogP contribution in [0.3, 0.4) is 0 Å². The highest BCUT2D eigenvalue weighted by molar-refractivity contribution is 5.98. The van der Waals surface area contributed by atoms with Crippen LogP contribution >= 0.6 is 0 Å². The number of guanidine groups is 1. The molecule has 2 fully saturated rings. The first kappa shape index (κ1) is 22.1. The van der Waals surface area contributed by atoms with Crippen molar-refractivity contribution in [3.05, 3.63) is 22.8 Å². The Morgan fingerprint density at radius 3 is 2.94 bits per heavy atom. The number of rotatable bonds is 7. The highest BCUT2D eigenvalue weighted by atomic mass is 16.5. The molecule has 0 bridgehead atoms. The van der Waals surface area contributed by atoms with E-state index in [1.165, 1.54) is 12.0 Å². The number of fused-ring (bicyclic) bond motifs is 4. The number of hydrogen-bond donors (Lipinski definition) is 4. The molecule has 7 heteroatoms. The van der Waals surface area contributed by atoms with Gasteiger partial charge in [-0.15, -0.1) is 0 Å². The minimum atomic E-state index is -0.696. The standard InChI is InChI=1S/C24H36N4O3/c1-24-14-16(5-3-2-4-6-21(29)30)22-18-10-8-17(27-28-23(25)26)13-15(18)7-9-19(22)20(24)11-12-31-24/h13,16,19-20H,2-12,14H2,1H3,(H,29,30)(H4,25,26,28)/t16-,19-,20-,24-/m0/s1. The minimum absolute atomic E-state index is 0.00559.